The van der Waals surface area contributed by atoms with Gasteiger partial charge >= 0.3 is 0 Å². The average Bonchev–Trinajstić information content (AvgIpc) is 2.37. The van der Waals surface area contributed by atoms with Crippen molar-refractivity contribution in [2.45, 2.75) is 12.5 Å². The molecule has 0 radical (unpaired) electrons. The Balaban J connectivity index is 3.09. The topological polar surface area (TPSA) is 32.7 Å². The van der Waals surface area contributed by atoms with E-state index in [4.69, 9.17) is 4.74 Å². The van der Waals surface area contributed by atoms with E-state index in [2.05, 4.69) is 11.5 Å². The van der Waals surface area contributed by atoms with E-state index in [9.17, 15) is 5.11 Å². The average molecular weight is 249 g/mol. The lowest BCUT2D eigenvalue weighted by atomic mass is 9.82. The molecule has 3 heteroatoms. The first-order chi connectivity index (χ1) is 8.43. The summed E-state index contributed by atoms with van der Waals surface area (Å²) < 4.78 is 5.20. The summed E-state index contributed by atoms with van der Waals surface area (Å²) in [5, 5.41) is 10.8. The molecule has 1 aromatic carbocycles. The number of ether oxygens (including phenoxy) is 1. The molecule has 3 nitrogen and oxygen atoms in total. The zero-order valence-electron chi connectivity index (χ0n) is 11.7. The van der Waals surface area contributed by atoms with Crippen molar-refractivity contribution >= 4 is 0 Å². The van der Waals surface area contributed by atoms with E-state index in [0.717, 1.165) is 17.9 Å². The first-order valence-electron chi connectivity index (χ1n) is 6.09. The van der Waals surface area contributed by atoms with Crippen molar-refractivity contribution < 1.29 is 9.84 Å². The van der Waals surface area contributed by atoms with Crippen LogP contribution in [0.4, 0.5) is 0 Å². The van der Waals surface area contributed by atoms with E-state index in [1.54, 1.807) is 13.2 Å². The van der Waals surface area contributed by atoms with Crippen LogP contribution in [0.1, 0.15) is 12.5 Å². The monoisotopic (exact) mass is 249 g/mol. The Hall–Kier alpha value is -1.32. The van der Waals surface area contributed by atoms with Crippen LogP contribution in [-0.2, 0) is 5.60 Å². The SMILES string of the molecule is C=C[C@@](O)(c1cccc(OC)c1)[C@@H](C)CN(C)C. The Morgan fingerprint density at radius 1 is 1.50 bits per heavy atom. The molecule has 0 heterocycles. The molecule has 0 aliphatic heterocycles. The van der Waals surface area contributed by atoms with E-state index in [1.807, 2.05) is 45.3 Å². The van der Waals surface area contributed by atoms with E-state index in [1.165, 1.54) is 0 Å². The lowest BCUT2D eigenvalue weighted by Crippen LogP contribution is -2.37. The highest BCUT2D eigenvalue weighted by atomic mass is 16.5. The van der Waals surface area contributed by atoms with Crippen molar-refractivity contribution in [1.82, 2.24) is 4.90 Å². The largest absolute Gasteiger partial charge is 0.497 e. The Morgan fingerprint density at radius 3 is 2.67 bits per heavy atom. The Bertz CT molecular complexity index is 403. The third-order valence-corrected chi connectivity index (χ3v) is 3.23. The molecule has 0 amide bonds. The standard InChI is InChI=1S/C15H23NO2/c1-6-15(17,12(2)11-16(3)4)13-8-7-9-14(10-13)18-5/h6-10,12,17H,1,11H2,2-5H3/t12-,15-/m0/s1. The molecule has 0 bridgehead atoms. The van der Waals surface area contributed by atoms with Crippen LogP contribution >= 0.6 is 0 Å². The quantitative estimate of drug-likeness (QED) is 0.785. The zero-order chi connectivity index (χ0) is 13.8. The summed E-state index contributed by atoms with van der Waals surface area (Å²) in [5.41, 5.74) is -0.232. The van der Waals surface area contributed by atoms with Crippen LogP contribution in [0.2, 0.25) is 0 Å². The normalized spacial score (nSPS) is 16.1. The Labute approximate surface area is 110 Å². The summed E-state index contributed by atoms with van der Waals surface area (Å²) in [5.74, 6) is 0.780. The number of aliphatic hydroxyl groups is 1. The summed E-state index contributed by atoms with van der Waals surface area (Å²) in [6.07, 6.45) is 1.61. The Morgan fingerprint density at radius 2 is 2.17 bits per heavy atom. The molecule has 18 heavy (non-hydrogen) atoms. The van der Waals surface area contributed by atoms with Gasteiger partial charge in [-0.15, -0.1) is 0 Å². The zero-order valence-corrected chi connectivity index (χ0v) is 11.7. The highest BCUT2D eigenvalue weighted by Crippen LogP contribution is 2.33. The van der Waals surface area contributed by atoms with E-state index in [-0.39, 0.29) is 5.92 Å². The third-order valence-electron chi connectivity index (χ3n) is 3.23. The van der Waals surface area contributed by atoms with Gasteiger partial charge in [0.2, 0.25) is 0 Å². The van der Waals surface area contributed by atoms with Gasteiger partial charge in [-0.2, -0.15) is 0 Å². The first-order valence-corrected chi connectivity index (χ1v) is 6.09. The van der Waals surface area contributed by atoms with Crippen molar-refractivity contribution in [2.75, 3.05) is 27.7 Å². The fourth-order valence-corrected chi connectivity index (χ4v) is 2.16. The molecule has 0 saturated heterocycles. The van der Waals surface area contributed by atoms with E-state index >= 15 is 0 Å². The molecular weight excluding hydrogens is 226 g/mol. The van der Waals surface area contributed by atoms with Crippen LogP contribution in [0.15, 0.2) is 36.9 Å². The number of methoxy groups -OCH3 is 1. The molecule has 1 aromatic rings. The molecule has 1 rings (SSSR count). The second kappa shape index (κ2) is 6.03. The minimum absolute atomic E-state index is 0.0390. The van der Waals surface area contributed by atoms with Crippen LogP contribution in [0, 0.1) is 5.92 Å². The van der Waals surface area contributed by atoms with Crippen molar-refractivity contribution in [3.05, 3.63) is 42.5 Å². The van der Waals surface area contributed by atoms with Crippen LogP contribution in [-0.4, -0.2) is 37.8 Å². The number of nitrogens with zero attached hydrogens (tertiary/aromatic N) is 1. The second-order valence-corrected chi connectivity index (χ2v) is 4.92. The smallest absolute Gasteiger partial charge is 0.119 e. The molecular formula is C15H23NO2. The number of rotatable bonds is 6. The van der Waals surface area contributed by atoms with Crippen LogP contribution in [0.25, 0.3) is 0 Å². The van der Waals surface area contributed by atoms with Gasteiger partial charge in [0.15, 0.2) is 0 Å². The van der Waals surface area contributed by atoms with E-state index in [0.29, 0.717) is 0 Å². The van der Waals surface area contributed by atoms with Gasteiger partial charge in [0.25, 0.3) is 0 Å². The predicted octanol–water partition coefficient (Wildman–Crippen LogP) is 2.27. The molecule has 0 spiro atoms. The first kappa shape index (κ1) is 14.7. The molecule has 2 atom stereocenters. The molecule has 0 unspecified atom stereocenters. The second-order valence-electron chi connectivity index (χ2n) is 4.92. The molecule has 100 valence electrons. The minimum atomic E-state index is -1.04. The van der Waals surface area contributed by atoms with Gasteiger partial charge in [-0.3, -0.25) is 0 Å². The third kappa shape index (κ3) is 3.12. The lowest BCUT2D eigenvalue weighted by Gasteiger charge is -2.33. The van der Waals surface area contributed by atoms with Gasteiger partial charge in [-0.1, -0.05) is 31.7 Å². The summed E-state index contributed by atoms with van der Waals surface area (Å²) in [6.45, 7) is 6.58. The van der Waals surface area contributed by atoms with Gasteiger partial charge in [-0.05, 0) is 31.8 Å². The summed E-state index contributed by atoms with van der Waals surface area (Å²) in [7, 11) is 5.60. The van der Waals surface area contributed by atoms with Crippen molar-refractivity contribution in [3.8, 4) is 5.75 Å². The van der Waals surface area contributed by atoms with E-state index < -0.39 is 5.60 Å². The maximum atomic E-state index is 10.8. The maximum absolute atomic E-state index is 10.8. The molecule has 0 saturated carbocycles. The molecule has 0 aliphatic carbocycles. The summed E-state index contributed by atoms with van der Waals surface area (Å²) >= 11 is 0. The molecule has 0 aromatic heterocycles. The van der Waals surface area contributed by atoms with Gasteiger partial charge in [-0.25, -0.2) is 0 Å². The highest BCUT2D eigenvalue weighted by Gasteiger charge is 2.33. The number of hydrogen-bond acceptors (Lipinski definition) is 3. The van der Waals surface area contributed by atoms with Crippen molar-refractivity contribution in [3.63, 3.8) is 0 Å². The molecule has 0 aliphatic rings. The maximum Gasteiger partial charge on any atom is 0.119 e. The van der Waals surface area contributed by atoms with Crippen molar-refractivity contribution in [2.24, 2.45) is 5.92 Å². The van der Waals surface area contributed by atoms with Crippen LogP contribution < -0.4 is 4.74 Å². The van der Waals surface area contributed by atoms with Gasteiger partial charge < -0.3 is 14.7 Å². The Kier molecular flexibility index (Phi) is 4.93. The number of benzene rings is 1. The predicted molar refractivity (Wildman–Crippen MR) is 74.8 cm³/mol. The fraction of sp³-hybridized carbons (Fsp3) is 0.467. The molecule has 1 N–H and O–H groups in total. The van der Waals surface area contributed by atoms with Crippen LogP contribution in [0.5, 0.6) is 5.75 Å². The highest BCUT2D eigenvalue weighted by molar-refractivity contribution is 5.35. The summed E-state index contributed by atoms with van der Waals surface area (Å²) in [4.78, 5) is 2.05. The van der Waals surface area contributed by atoms with Crippen LogP contribution in [0.3, 0.4) is 0 Å². The number of hydrogen-bond donors (Lipinski definition) is 1. The summed E-state index contributed by atoms with van der Waals surface area (Å²) in [6, 6.07) is 7.50. The van der Waals surface area contributed by atoms with Gasteiger partial charge in [0.05, 0.1) is 7.11 Å². The lowest BCUT2D eigenvalue weighted by molar-refractivity contribution is 0.0211. The minimum Gasteiger partial charge on any atom is -0.497 e. The molecule has 0 fully saturated rings. The van der Waals surface area contributed by atoms with Crippen molar-refractivity contribution in [1.29, 1.82) is 0 Å². The fourth-order valence-electron chi connectivity index (χ4n) is 2.16. The van der Waals surface area contributed by atoms with Gasteiger partial charge in [0.1, 0.15) is 11.4 Å². The van der Waals surface area contributed by atoms with Gasteiger partial charge in [0, 0.05) is 12.5 Å².